The molecular formula is C11H22N4O2. The van der Waals surface area contributed by atoms with E-state index in [2.05, 4.69) is 10.1 Å². The molecule has 0 aliphatic carbocycles. The van der Waals surface area contributed by atoms with Gasteiger partial charge >= 0.3 is 0 Å². The first-order valence-corrected chi connectivity index (χ1v) is 5.82. The summed E-state index contributed by atoms with van der Waals surface area (Å²) in [6.07, 6.45) is 0. The Morgan fingerprint density at radius 2 is 1.82 bits per heavy atom. The van der Waals surface area contributed by atoms with Crippen LogP contribution in [0.3, 0.4) is 0 Å². The third-order valence-electron chi connectivity index (χ3n) is 2.82. The smallest absolute Gasteiger partial charge is 0.228 e. The van der Waals surface area contributed by atoms with Crippen molar-refractivity contribution in [2.24, 2.45) is 16.3 Å². The van der Waals surface area contributed by atoms with Gasteiger partial charge in [-0.1, -0.05) is 25.9 Å². The number of nitrogens with two attached hydrogens (primary N) is 1. The van der Waals surface area contributed by atoms with E-state index in [1.807, 2.05) is 25.7 Å². The molecule has 0 aromatic heterocycles. The summed E-state index contributed by atoms with van der Waals surface area (Å²) in [6, 6.07) is 0. The molecule has 6 heteroatoms. The van der Waals surface area contributed by atoms with E-state index in [4.69, 9.17) is 10.9 Å². The number of nitrogens with zero attached hydrogens (tertiary/aromatic N) is 3. The van der Waals surface area contributed by atoms with Gasteiger partial charge in [0.2, 0.25) is 5.91 Å². The quantitative estimate of drug-likeness (QED) is 0.307. The first-order chi connectivity index (χ1) is 7.84. The summed E-state index contributed by atoms with van der Waals surface area (Å²) >= 11 is 0. The van der Waals surface area contributed by atoms with Gasteiger partial charge in [-0.05, 0) is 0 Å². The van der Waals surface area contributed by atoms with E-state index in [-0.39, 0.29) is 17.2 Å². The molecule has 17 heavy (non-hydrogen) atoms. The highest BCUT2D eigenvalue weighted by molar-refractivity contribution is 5.82. The molecular weight excluding hydrogens is 220 g/mol. The predicted octanol–water partition coefficient (Wildman–Crippen LogP) is -0.0769. The van der Waals surface area contributed by atoms with Crippen LogP contribution in [-0.4, -0.2) is 59.5 Å². The molecule has 0 radical (unpaired) electrons. The second-order valence-corrected chi connectivity index (χ2v) is 5.41. The van der Waals surface area contributed by atoms with Gasteiger partial charge in [-0.2, -0.15) is 0 Å². The predicted molar refractivity (Wildman–Crippen MR) is 65.9 cm³/mol. The normalized spacial score (nSPS) is 19.5. The maximum Gasteiger partial charge on any atom is 0.228 e. The number of carbonyl (C=O) groups excluding carboxylic acids is 1. The van der Waals surface area contributed by atoms with Crippen LogP contribution in [0.15, 0.2) is 5.16 Å². The summed E-state index contributed by atoms with van der Waals surface area (Å²) < 4.78 is 0. The van der Waals surface area contributed by atoms with Crippen molar-refractivity contribution in [2.45, 2.75) is 20.8 Å². The highest BCUT2D eigenvalue weighted by Gasteiger charge is 2.29. The van der Waals surface area contributed by atoms with Gasteiger partial charge in [0.1, 0.15) is 0 Å². The van der Waals surface area contributed by atoms with Crippen LogP contribution in [0.25, 0.3) is 0 Å². The monoisotopic (exact) mass is 242 g/mol. The van der Waals surface area contributed by atoms with Gasteiger partial charge in [0.25, 0.3) is 0 Å². The molecule has 6 nitrogen and oxygen atoms in total. The summed E-state index contributed by atoms with van der Waals surface area (Å²) in [7, 11) is 0. The molecule has 98 valence electrons. The van der Waals surface area contributed by atoms with Crippen LogP contribution in [0.5, 0.6) is 0 Å². The molecule has 1 fully saturated rings. The molecule has 1 rings (SSSR count). The molecule has 0 saturated carbocycles. The Labute approximate surface area is 102 Å². The standard InChI is InChI=1S/C11H22N4O2/c1-11(2,3)10(16)15-6-4-14(5-7-15)8-9(12)13-17/h17H,4-8H2,1-3H3,(H2,12,13). The lowest BCUT2D eigenvalue weighted by Gasteiger charge is -2.37. The van der Waals surface area contributed by atoms with E-state index in [9.17, 15) is 4.79 Å². The minimum absolute atomic E-state index is 0.181. The zero-order valence-corrected chi connectivity index (χ0v) is 10.8. The molecule has 0 aromatic rings. The van der Waals surface area contributed by atoms with E-state index in [1.165, 1.54) is 0 Å². The summed E-state index contributed by atoms with van der Waals surface area (Å²) in [5.41, 5.74) is 5.12. The fraction of sp³-hybridized carbons (Fsp3) is 0.818. The van der Waals surface area contributed by atoms with Crippen LogP contribution in [-0.2, 0) is 4.79 Å². The van der Waals surface area contributed by atoms with Crippen molar-refractivity contribution in [1.29, 1.82) is 0 Å². The van der Waals surface area contributed by atoms with Gasteiger partial charge in [0, 0.05) is 31.6 Å². The Hall–Kier alpha value is -1.30. The van der Waals surface area contributed by atoms with Gasteiger partial charge in [0.15, 0.2) is 5.84 Å². The Morgan fingerprint density at radius 1 is 1.29 bits per heavy atom. The van der Waals surface area contributed by atoms with E-state index < -0.39 is 0 Å². The molecule has 0 spiro atoms. The number of amides is 1. The summed E-state index contributed by atoms with van der Waals surface area (Å²) in [5.74, 6) is 0.390. The van der Waals surface area contributed by atoms with Crippen LogP contribution in [0.1, 0.15) is 20.8 Å². The number of oxime groups is 1. The van der Waals surface area contributed by atoms with E-state index in [0.29, 0.717) is 19.6 Å². The Bertz CT molecular complexity index is 301. The van der Waals surface area contributed by atoms with Crippen molar-refractivity contribution in [3.8, 4) is 0 Å². The molecule has 0 bridgehead atoms. The molecule has 3 N–H and O–H groups in total. The maximum absolute atomic E-state index is 12.0. The van der Waals surface area contributed by atoms with E-state index in [1.54, 1.807) is 0 Å². The Morgan fingerprint density at radius 3 is 2.24 bits per heavy atom. The average molecular weight is 242 g/mol. The number of piperazine rings is 1. The number of carbonyl (C=O) groups is 1. The molecule has 1 heterocycles. The fourth-order valence-corrected chi connectivity index (χ4v) is 1.84. The van der Waals surface area contributed by atoms with Gasteiger partial charge in [-0.25, -0.2) is 0 Å². The largest absolute Gasteiger partial charge is 0.409 e. The van der Waals surface area contributed by atoms with Crippen molar-refractivity contribution in [3.05, 3.63) is 0 Å². The molecule has 1 amide bonds. The van der Waals surface area contributed by atoms with Crippen molar-refractivity contribution in [1.82, 2.24) is 9.80 Å². The SMILES string of the molecule is CC(C)(C)C(=O)N1CCN(CC(N)=NO)CC1. The molecule has 0 aromatic carbocycles. The van der Waals surface area contributed by atoms with Crippen LogP contribution in [0.4, 0.5) is 0 Å². The van der Waals surface area contributed by atoms with Gasteiger partial charge < -0.3 is 15.8 Å². The van der Waals surface area contributed by atoms with Crippen LogP contribution in [0, 0.1) is 5.41 Å². The van der Waals surface area contributed by atoms with Crippen molar-refractivity contribution >= 4 is 11.7 Å². The summed E-state index contributed by atoms with van der Waals surface area (Å²) in [6.45, 7) is 9.17. The Balaban J connectivity index is 2.44. The van der Waals surface area contributed by atoms with Crippen LogP contribution < -0.4 is 5.73 Å². The third kappa shape index (κ3) is 3.89. The number of amidine groups is 1. The van der Waals surface area contributed by atoms with Crippen molar-refractivity contribution in [3.63, 3.8) is 0 Å². The lowest BCUT2D eigenvalue weighted by atomic mass is 9.94. The number of hydrogen-bond donors (Lipinski definition) is 2. The topological polar surface area (TPSA) is 82.2 Å². The number of rotatable bonds is 2. The van der Waals surface area contributed by atoms with Crippen LogP contribution in [0.2, 0.25) is 0 Å². The zero-order valence-electron chi connectivity index (χ0n) is 10.8. The summed E-state index contributed by atoms with van der Waals surface area (Å²) in [5, 5.41) is 11.4. The minimum atomic E-state index is -0.326. The van der Waals surface area contributed by atoms with Gasteiger partial charge in [-0.3, -0.25) is 9.69 Å². The minimum Gasteiger partial charge on any atom is -0.409 e. The van der Waals surface area contributed by atoms with Gasteiger partial charge in [0.05, 0.1) is 6.54 Å². The van der Waals surface area contributed by atoms with Crippen LogP contribution >= 0.6 is 0 Å². The Kier molecular flexibility index (Phi) is 4.34. The highest BCUT2D eigenvalue weighted by Crippen LogP contribution is 2.18. The zero-order chi connectivity index (χ0) is 13.1. The molecule has 1 aliphatic heterocycles. The second kappa shape index (κ2) is 5.35. The van der Waals surface area contributed by atoms with E-state index in [0.717, 1.165) is 13.1 Å². The van der Waals surface area contributed by atoms with Crippen molar-refractivity contribution < 1.29 is 10.0 Å². The highest BCUT2D eigenvalue weighted by atomic mass is 16.4. The molecule has 0 unspecified atom stereocenters. The molecule has 0 atom stereocenters. The lowest BCUT2D eigenvalue weighted by Crippen LogP contribution is -2.53. The summed E-state index contributed by atoms with van der Waals surface area (Å²) in [4.78, 5) is 16.0. The maximum atomic E-state index is 12.0. The number of hydrogen-bond acceptors (Lipinski definition) is 4. The molecule has 1 saturated heterocycles. The third-order valence-corrected chi connectivity index (χ3v) is 2.82. The second-order valence-electron chi connectivity index (χ2n) is 5.41. The van der Waals surface area contributed by atoms with E-state index >= 15 is 0 Å². The van der Waals surface area contributed by atoms with Crippen molar-refractivity contribution in [2.75, 3.05) is 32.7 Å². The first-order valence-electron chi connectivity index (χ1n) is 5.82. The molecule has 1 aliphatic rings. The fourth-order valence-electron chi connectivity index (χ4n) is 1.84. The average Bonchev–Trinajstić information content (AvgIpc) is 2.27. The van der Waals surface area contributed by atoms with Gasteiger partial charge in [-0.15, -0.1) is 0 Å². The lowest BCUT2D eigenvalue weighted by molar-refractivity contribution is -0.141. The first kappa shape index (κ1) is 13.8.